The molecule has 0 atom stereocenters. The van der Waals surface area contributed by atoms with Crippen molar-refractivity contribution in [2.45, 2.75) is 19.3 Å². The summed E-state index contributed by atoms with van der Waals surface area (Å²) in [6.07, 6.45) is 4.86. The Morgan fingerprint density at radius 1 is 1.26 bits per heavy atom. The van der Waals surface area contributed by atoms with Crippen LogP contribution in [0.25, 0.3) is 5.69 Å². The first kappa shape index (κ1) is 16.7. The molecule has 0 N–H and O–H groups in total. The van der Waals surface area contributed by atoms with Crippen LogP contribution in [0.15, 0.2) is 42.7 Å². The summed E-state index contributed by atoms with van der Waals surface area (Å²) in [5.74, 6) is -0.221. The van der Waals surface area contributed by atoms with E-state index in [-0.39, 0.29) is 11.9 Å². The Balaban J connectivity index is 1.83. The molecule has 0 saturated carbocycles. The molecule has 2 rings (SSSR count). The van der Waals surface area contributed by atoms with Crippen molar-refractivity contribution in [3.05, 3.63) is 48.3 Å². The second kappa shape index (κ2) is 8.12. The largest absolute Gasteiger partial charge is 0.469 e. The van der Waals surface area contributed by atoms with Gasteiger partial charge in [-0.15, -0.1) is 0 Å². The maximum atomic E-state index is 12.2. The summed E-state index contributed by atoms with van der Waals surface area (Å²) in [6.45, 7) is 0.541. The van der Waals surface area contributed by atoms with Crippen molar-refractivity contribution in [1.82, 2.24) is 14.7 Å². The number of hydrogen-bond acceptors (Lipinski definition) is 4. The number of carbonyl (C=O) groups is 2. The fourth-order valence-electron chi connectivity index (χ4n) is 2.18. The van der Waals surface area contributed by atoms with Crippen LogP contribution in [0.2, 0.25) is 0 Å². The van der Waals surface area contributed by atoms with Crippen molar-refractivity contribution >= 4 is 11.9 Å². The summed E-state index contributed by atoms with van der Waals surface area (Å²) >= 11 is 0. The second-order valence-electron chi connectivity index (χ2n) is 5.29. The fourth-order valence-corrected chi connectivity index (χ4v) is 2.18. The molecular weight excluding hydrogens is 294 g/mol. The number of rotatable bonds is 7. The van der Waals surface area contributed by atoms with Crippen molar-refractivity contribution in [3.8, 4) is 5.69 Å². The van der Waals surface area contributed by atoms with Crippen molar-refractivity contribution in [2.75, 3.05) is 20.7 Å². The molecule has 0 radical (unpaired) electrons. The first-order chi connectivity index (χ1) is 11.1. The maximum absolute atomic E-state index is 12.2. The van der Waals surface area contributed by atoms with Gasteiger partial charge in [-0.25, -0.2) is 4.68 Å². The van der Waals surface area contributed by atoms with Gasteiger partial charge in [-0.05, 0) is 30.2 Å². The first-order valence-electron chi connectivity index (χ1n) is 7.50. The minimum absolute atomic E-state index is 0.0294. The lowest BCUT2D eigenvalue weighted by molar-refractivity contribution is -0.141. The monoisotopic (exact) mass is 315 g/mol. The van der Waals surface area contributed by atoms with E-state index in [9.17, 15) is 9.59 Å². The molecule has 0 unspecified atom stereocenters. The highest BCUT2D eigenvalue weighted by molar-refractivity contribution is 5.78. The number of ether oxygens (including phenoxy) is 1. The summed E-state index contributed by atoms with van der Waals surface area (Å²) in [5, 5.41) is 4.16. The highest BCUT2D eigenvalue weighted by Gasteiger charge is 2.10. The summed E-state index contributed by atoms with van der Waals surface area (Å²) in [6, 6.07) is 9.59. The average Bonchev–Trinajstić information content (AvgIpc) is 3.09. The third-order valence-electron chi connectivity index (χ3n) is 3.59. The zero-order chi connectivity index (χ0) is 16.7. The molecule has 0 fully saturated rings. The number of aromatic nitrogens is 2. The highest BCUT2D eigenvalue weighted by Crippen LogP contribution is 2.10. The Morgan fingerprint density at radius 3 is 2.61 bits per heavy atom. The van der Waals surface area contributed by atoms with Gasteiger partial charge in [-0.1, -0.05) is 12.1 Å². The predicted octanol–water partition coefficient (Wildman–Crippen LogP) is 1.83. The number of methoxy groups -OCH3 is 1. The molecule has 122 valence electrons. The van der Waals surface area contributed by atoms with Crippen LogP contribution in [0.5, 0.6) is 0 Å². The van der Waals surface area contributed by atoms with E-state index in [0.29, 0.717) is 25.8 Å². The smallest absolute Gasteiger partial charge is 0.305 e. The Hall–Kier alpha value is -2.63. The number of esters is 1. The predicted molar refractivity (Wildman–Crippen MR) is 86.2 cm³/mol. The molecule has 6 nitrogen and oxygen atoms in total. The minimum Gasteiger partial charge on any atom is -0.469 e. The topological polar surface area (TPSA) is 64.4 Å². The number of hydrogen-bond donors (Lipinski definition) is 0. The van der Waals surface area contributed by atoms with Gasteiger partial charge in [-0.3, -0.25) is 9.59 Å². The molecule has 1 heterocycles. The zero-order valence-electron chi connectivity index (χ0n) is 13.4. The van der Waals surface area contributed by atoms with Gasteiger partial charge >= 0.3 is 5.97 Å². The zero-order valence-corrected chi connectivity index (χ0v) is 13.4. The summed E-state index contributed by atoms with van der Waals surface area (Å²) in [5.41, 5.74) is 1.91. The Kier molecular flexibility index (Phi) is 5.91. The Labute approximate surface area is 135 Å². The van der Waals surface area contributed by atoms with E-state index in [1.165, 1.54) is 7.11 Å². The number of nitrogens with zero attached hydrogens (tertiary/aromatic N) is 3. The number of carbonyl (C=O) groups excluding carboxylic acids is 2. The third kappa shape index (κ3) is 4.95. The summed E-state index contributed by atoms with van der Waals surface area (Å²) in [7, 11) is 3.11. The van der Waals surface area contributed by atoms with Gasteiger partial charge in [0.25, 0.3) is 0 Å². The first-order valence-corrected chi connectivity index (χ1v) is 7.50. The molecular formula is C17H21N3O3. The lowest BCUT2D eigenvalue weighted by atomic mass is 10.1. The number of likely N-dealkylation sites (N-methyl/N-ethyl adjacent to an activating group) is 1. The van der Waals surface area contributed by atoms with Gasteiger partial charge in [0.1, 0.15) is 0 Å². The van der Waals surface area contributed by atoms with E-state index in [4.69, 9.17) is 0 Å². The number of amides is 1. The number of benzene rings is 1. The molecule has 0 saturated heterocycles. The Bertz CT molecular complexity index is 636. The molecule has 1 aromatic carbocycles. The van der Waals surface area contributed by atoms with Gasteiger partial charge in [0.05, 0.1) is 19.2 Å². The van der Waals surface area contributed by atoms with Crippen LogP contribution in [0.1, 0.15) is 18.4 Å². The van der Waals surface area contributed by atoms with Gasteiger partial charge in [0.15, 0.2) is 0 Å². The van der Waals surface area contributed by atoms with Gasteiger partial charge < -0.3 is 9.64 Å². The molecule has 0 spiro atoms. The molecule has 23 heavy (non-hydrogen) atoms. The molecule has 6 heteroatoms. The molecule has 0 aliphatic heterocycles. The van der Waals surface area contributed by atoms with Crippen LogP contribution in [-0.4, -0.2) is 47.3 Å². The second-order valence-corrected chi connectivity index (χ2v) is 5.29. The SMILES string of the molecule is COC(=O)CCCN(C)C(=O)Cc1ccc(-n2cccn2)cc1. The Morgan fingerprint density at radius 2 is 2.00 bits per heavy atom. The van der Waals surface area contributed by atoms with Crippen LogP contribution < -0.4 is 0 Å². The lowest BCUT2D eigenvalue weighted by Gasteiger charge is -2.17. The molecule has 1 aromatic heterocycles. The molecule has 0 bridgehead atoms. The van der Waals surface area contributed by atoms with Crippen molar-refractivity contribution in [1.29, 1.82) is 0 Å². The van der Waals surface area contributed by atoms with E-state index < -0.39 is 0 Å². The van der Waals surface area contributed by atoms with E-state index in [2.05, 4.69) is 9.84 Å². The fraction of sp³-hybridized carbons (Fsp3) is 0.353. The molecule has 0 aliphatic rings. The van der Waals surface area contributed by atoms with Crippen LogP contribution in [0, 0.1) is 0 Å². The summed E-state index contributed by atoms with van der Waals surface area (Å²) < 4.78 is 6.35. The molecule has 2 aromatic rings. The highest BCUT2D eigenvalue weighted by atomic mass is 16.5. The van der Waals surface area contributed by atoms with Crippen molar-refractivity contribution < 1.29 is 14.3 Å². The van der Waals surface area contributed by atoms with E-state index in [1.54, 1.807) is 22.8 Å². The van der Waals surface area contributed by atoms with Crippen molar-refractivity contribution in [2.24, 2.45) is 0 Å². The van der Waals surface area contributed by atoms with Crippen LogP contribution in [0.3, 0.4) is 0 Å². The average molecular weight is 315 g/mol. The maximum Gasteiger partial charge on any atom is 0.305 e. The van der Waals surface area contributed by atoms with Crippen molar-refractivity contribution in [3.63, 3.8) is 0 Å². The molecule has 1 amide bonds. The van der Waals surface area contributed by atoms with Crippen LogP contribution in [0.4, 0.5) is 0 Å². The standard InChI is InChI=1S/C17H21N3O3/c1-19(11-3-5-17(22)23-2)16(21)13-14-6-8-15(9-7-14)20-12-4-10-18-20/h4,6-10,12H,3,5,11,13H2,1-2H3. The quantitative estimate of drug-likeness (QED) is 0.731. The minimum atomic E-state index is -0.250. The normalized spacial score (nSPS) is 10.3. The third-order valence-corrected chi connectivity index (χ3v) is 3.59. The van der Waals surface area contributed by atoms with Crippen LogP contribution in [-0.2, 0) is 20.7 Å². The van der Waals surface area contributed by atoms with Gasteiger partial charge in [0, 0.05) is 32.4 Å². The molecule has 0 aliphatic carbocycles. The van der Waals surface area contributed by atoms with Gasteiger partial charge in [0.2, 0.25) is 5.91 Å². The van der Waals surface area contributed by atoms with E-state index in [0.717, 1.165) is 11.3 Å². The van der Waals surface area contributed by atoms with E-state index >= 15 is 0 Å². The lowest BCUT2D eigenvalue weighted by Crippen LogP contribution is -2.29. The van der Waals surface area contributed by atoms with E-state index in [1.807, 2.05) is 36.5 Å². The van der Waals surface area contributed by atoms with Gasteiger partial charge in [-0.2, -0.15) is 5.10 Å². The van der Waals surface area contributed by atoms with Crippen LogP contribution >= 0.6 is 0 Å². The summed E-state index contributed by atoms with van der Waals surface area (Å²) in [4.78, 5) is 24.9.